The summed E-state index contributed by atoms with van der Waals surface area (Å²) in [6, 6.07) is 5.49. The Morgan fingerprint density at radius 2 is 1.83 bits per heavy atom. The summed E-state index contributed by atoms with van der Waals surface area (Å²) in [5.41, 5.74) is 1.05. The highest BCUT2D eigenvalue weighted by atomic mass is 127. The Hall–Kier alpha value is -0.290. The molecule has 0 bridgehead atoms. The highest BCUT2D eigenvalue weighted by molar-refractivity contribution is 14.0. The highest BCUT2D eigenvalue weighted by Crippen LogP contribution is 2.21. The van der Waals surface area contributed by atoms with E-state index in [0.717, 1.165) is 31.2 Å². The molecule has 0 saturated carbocycles. The van der Waals surface area contributed by atoms with Gasteiger partial charge in [0.2, 0.25) is 10.0 Å². The minimum Gasteiger partial charge on any atom is -0.356 e. The molecule has 0 spiro atoms. The van der Waals surface area contributed by atoms with E-state index in [2.05, 4.69) is 20.3 Å². The monoisotopic (exact) mass is 508 g/mol. The van der Waals surface area contributed by atoms with Gasteiger partial charge in [0.1, 0.15) is 0 Å². The molecule has 0 atom stereocenters. The minimum atomic E-state index is -3.16. The van der Waals surface area contributed by atoms with E-state index in [4.69, 9.17) is 23.2 Å². The Balaban J connectivity index is 0.00000529. The van der Waals surface area contributed by atoms with Crippen LogP contribution in [0.1, 0.15) is 12.0 Å². The van der Waals surface area contributed by atoms with E-state index in [9.17, 15) is 8.42 Å². The second kappa shape index (κ2) is 12.1. The SMILES string of the molecule is CN=C(NCCCc1ccc(Cl)cc1Cl)NCCNS(C)(=O)=O.I. The molecule has 0 saturated heterocycles. The summed E-state index contributed by atoms with van der Waals surface area (Å²) in [6.45, 7) is 1.48. The lowest BCUT2D eigenvalue weighted by molar-refractivity contribution is 0.586. The second-order valence-corrected chi connectivity index (χ2v) is 7.61. The van der Waals surface area contributed by atoms with Crippen LogP contribution in [0.4, 0.5) is 0 Å². The fourth-order valence-electron chi connectivity index (χ4n) is 1.85. The van der Waals surface area contributed by atoms with Crippen molar-refractivity contribution >= 4 is 63.2 Å². The zero-order chi connectivity index (χ0) is 17.3. The quantitative estimate of drug-likeness (QED) is 0.218. The molecule has 0 amide bonds. The molecular formula is C14H23Cl2IN4O2S. The fraction of sp³-hybridized carbons (Fsp3) is 0.500. The molecule has 0 radical (unpaired) electrons. The molecule has 0 unspecified atom stereocenters. The van der Waals surface area contributed by atoms with Gasteiger partial charge in [0, 0.05) is 36.7 Å². The smallest absolute Gasteiger partial charge is 0.208 e. The van der Waals surface area contributed by atoms with Crippen LogP contribution in [0.25, 0.3) is 0 Å². The topological polar surface area (TPSA) is 82.6 Å². The molecular weight excluding hydrogens is 486 g/mol. The molecule has 3 N–H and O–H groups in total. The summed E-state index contributed by atoms with van der Waals surface area (Å²) >= 11 is 12.0. The summed E-state index contributed by atoms with van der Waals surface area (Å²) in [7, 11) is -1.50. The van der Waals surface area contributed by atoms with E-state index in [1.807, 2.05) is 12.1 Å². The number of hydrogen-bond donors (Lipinski definition) is 3. The van der Waals surface area contributed by atoms with Gasteiger partial charge in [-0.15, -0.1) is 24.0 Å². The normalized spacial score (nSPS) is 11.8. The summed E-state index contributed by atoms with van der Waals surface area (Å²) in [4.78, 5) is 4.07. The average Bonchev–Trinajstić information content (AvgIpc) is 2.46. The summed E-state index contributed by atoms with van der Waals surface area (Å²) in [6.07, 6.45) is 2.83. The minimum absolute atomic E-state index is 0. The number of benzene rings is 1. The molecule has 10 heteroatoms. The molecule has 6 nitrogen and oxygen atoms in total. The molecule has 0 heterocycles. The second-order valence-electron chi connectivity index (χ2n) is 4.93. The maximum Gasteiger partial charge on any atom is 0.208 e. The summed E-state index contributed by atoms with van der Waals surface area (Å²) in [5, 5.41) is 7.49. The molecule has 1 aromatic carbocycles. The number of rotatable bonds is 8. The molecule has 0 aromatic heterocycles. The molecule has 0 aliphatic carbocycles. The van der Waals surface area contributed by atoms with Gasteiger partial charge < -0.3 is 10.6 Å². The molecule has 0 aliphatic rings. The van der Waals surface area contributed by atoms with Crippen LogP contribution in [-0.2, 0) is 16.4 Å². The van der Waals surface area contributed by atoms with Crippen molar-refractivity contribution in [2.45, 2.75) is 12.8 Å². The van der Waals surface area contributed by atoms with Gasteiger partial charge in [0.05, 0.1) is 6.26 Å². The number of nitrogens with zero attached hydrogens (tertiary/aromatic N) is 1. The Kier molecular flexibility index (Phi) is 12.0. The first-order valence-corrected chi connectivity index (χ1v) is 9.79. The van der Waals surface area contributed by atoms with Crippen molar-refractivity contribution < 1.29 is 8.42 Å². The molecule has 1 aromatic rings. The van der Waals surface area contributed by atoms with Gasteiger partial charge in [-0.25, -0.2) is 13.1 Å². The van der Waals surface area contributed by atoms with Gasteiger partial charge in [0.25, 0.3) is 0 Å². The lowest BCUT2D eigenvalue weighted by Crippen LogP contribution is -2.41. The average molecular weight is 509 g/mol. The maximum atomic E-state index is 10.9. The Morgan fingerprint density at radius 1 is 1.17 bits per heavy atom. The van der Waals surface area contributed by atoms with Crippen LogP contribution in [0.15, 0.2) is 23.2 Å². The van der Waals surface area contributed by atoms with E-state index >= 15 is 0 Å². The van der Waals surface area contributed by atoms with Crippen molar-refractivity contribution in [2.75, 3.05) is 32.9 Å². The van der Waals surface area contributed by atoms with Crippen molar-refractivity contribution in [1.82, 2.24) is 15.4 Å². The first-order valence-electron chi connectivity index (χ1n) is 7.15. The lowest BCUT2D eigenvalue weighted by atomic mass is 10.1. The number of nitrogens with one attached hydrogen (secondary N) is 3. The number of aliphatic imine (C=N–C) groups is 1. The number of guanidine groups is 1. The van der Waals surface area contributed by atoms with Crippen LogP contribution in [0.3, 0.4) is 0 Å². The van der Waals surface area contributed by atoms with Crippen LogP contribution < -0.4 is 15.4 Å². The van der Waals surface area contributed by atoms with Crippen molar-refractivity contribution in [2.24, 2.45) is 4.99 Å². The van der Waals surface area contributed by atoms with Gasteiger partial charge in [-0.05, 0) is 30.5 Å². The van der Waals surface area contributed by atoms with Crippen LogP contribution in [0, 0.1) is 0 Å². The van der Waals surface area contributed by atoms with E-state index in [0.29, 0.717) is 29.1 Å². The van der Waals surface area contributed by atoms with Crippen LogP contribution in [0.5, 0.6) is 0 Å². The van der Waals surface area contributed by atoms with Crippen LogP contribution in [0.2, 0.25) is 10.0 Å². The summed E-state index contributed by atoms with van der Waals surface area (Å²) in [5.74, 6) is 0.627. The van der Waals surface area contributed by atoms with Gasteiger partial charge in [-0.2, -0.15) is 0 Å². The predicted octanol–water partition coefficient (Wildman–Crippen LogP) is 2.26. The lowest BCUT2D eigenvalue weighted by Gasteiger charge is -2.12. The van der Waals surface area contributed by atoms with Crippen LogP contribution >= 0.6 is 47.2 Å². The molecule has 0 fully saturated rings. The predicted molar refractivity (Wildman–Crippen MR) is 112 cm³/mol. The molecule has 138 valence electrons. The number of hydrogen-bond acceptors (Lipinski definition) is 3. The van der Waals surface area contributed by atoms with Crippen LogP contribution in [-0.4, -0.2) is 47.3 Å². The third kappa shape index (κ3) is 10.5. The number of sulfonamides is 1. The van der Waals surface area contributed by atoms with Gasteiger partial charge in [0.15, 0.2) is 5.96 Å². The first kappa shape index (κ1) is 23.7. The summed E-state index contributed by atoms with van der Waals surface area (Å²) < 4.78 is 24.3. The third-order valence-corrected chi connectivity index (χ3v) is 4.25. The van der Waals surface area contributed by atoms with Gasteiger partial charge in [-0.3, -0.25) is 4.99 Å². The Bertz CT molecular complexity index is 642. The maximum absolute atomic E-state index is 10.9. The molecule has 24 heavy (non-hydrogen) atoms. The Morgan fingerprint density at radius 3 is 2.42 bits per heavy atom. The first-order chi connectivity index (χ1) is 10.8. The van der Waals surface area contributed by atoms with E-state index < -0.39 is 10.0 Å². The van der Waals surface area contributed by atoms with Crippen molar-refractivity contribution in [1.29, 1.82) is 0 Å². The highest BCUT2D eigenvalue weighted by Gasteiger charge is 2.03. The van der Waals surface area contributed by atoms with Crippen molar-refractivity contribution in [3.63, 3.8) is 0 Å². The van der Waals surface area contributed by atoms with Gasteiger partial charge in [-0.1, -0.05) is 29.3 Å². The zero-order valence-corrected chi connectivity index (χ0v) is 18.3. The largest absolute Gasteiger partial charge is 0.356 e. The third-order valence-electron chi connectivity index (χ3n) is 2.94. The Labute approximate surface area is 170 Å². The van der Waals surface area contributed by atoms with E-state index in [1.54, 1.807) is 13.1 Å². The van der Waals surface area contributed by atoms with E-state index in [-0.39, 0.29) is 24.0 Å². The number of aryl methyl sites for hydroxylation is 1. The fourth-order valence-corrected chi connectivity index (χ4v) is 2.82. The van der Waals surface area contributed by atoms with Crippen molar-refractivity contribution in [3.8, 4) is 0 Å². The zero-order valence-electron chi connectivity index (χ0n) is 13.6. The number of halogens is 3. The molecule has 1 rings (SSSR count). The van der Waals surface area contributed by atoms with E-state index in [1.165, 1.54) is 0 Å². The standard InChI is InChI=1S/C14H22Cl2N4O2S.HI/c1-17-14(19-8-9-20-23(2,21)22)18-7-3-4-11-5-6-12(15)10-13(11)16;/h5-6,10,20H,3-4,7-9H2,1-2H3,(H2,17,18,19);1H. The van der Waals surface area contributed by atoms with Crippen molar-refractivity contribution in [3.05, 3.63) is 33.8 Å². The molecule has 0 aliphatic heterocycles. The van der Waals surface area contributed by atoms with Gasteiger partial charge >= 0.3 is 0 Å².